The van der Waals surface area contributed by atoms with Crippen molar-refractivity contribution >= 4 is 27.0 Å². The smallest absolute Gasteiger partial charge is 0.339 e. The Labute approximate surface area is 184 Å². The number of phenols is 1. The average Bonchev–Trinajstić information content (AvgIpc) is 3.01. The number of benzene rings is 2. The fourth-order valence-corrected chi connectivity index (χ4v) is 4.38. The van der Waals surface area contributed by atoms with E-state index in [9.17, 15) is 18.3 Å². The molecule has 0 radical (unpaired) electrons. The molecule has 1 aliphatic rings. The van der Waals surface area contributed by atoms with Crippen molar-refractivity contribution in [3.8, 4) is 5.75 Å². The van der Waals surface area contributed by atoms with Crippen LogP contribution in [0.2, 0.25) is 0 Å². The Kier molecular flexibility index (Phi) is 5.60. The highest BCUT2D eigenvalue weighted by molar-refractivity contribution is 7.90. The van der Waals surface area contributed by atoms with Crippen molar-refractivity contribution in [2.45, 2.75) is 57.3 Å². The number of sulfone groups is 1. The van der Waals surface area contributed by atoms with E-state index in [4.69, 9.17) is 4.74 Å². The largest absolute Gasteiger partial charge is 0.507 e. The Hall–Kier alpha value is -2.60. The van der Waals surface area contributed by atoms with Crippen LogP contribution in [0.3, 0.4) is 0 Å². The van der Waals surface area contributed by atoms with Crippen LogP contribution in [0.25, 0.3) is 11.1 Å². The summed E-state index contributed by atoms with van der Waals surface area (Å²) in [6.07, 6.45) is 1.15. The SMILES string of the molecule is CC(C)(C)c1cc(C2=C(c3ccc(S(C)(=O)=O)cc3)C(=O)OC2)cc(C(C)(C)C)c1O. The van der Waals surface area contributed by atoms with E-state index in [1.54, 1.807) is 12.1 Å². The second-order valence-corrected chi connectivity index (χ2v) is 12.2. The van der Waals surface area contributed by atoms with Gasteiger partial charge < -0.3 is 9.84 Å². The van der Waals surface area contributed by atoms with Crippen LogP contribution in [0.4, 0.5) is 0 Å². The Morgan fingerprint density at radius 2 is 1.35 bits per heavy atom. The summed E-state index contributed by atoms with van der Waals surface area (Å²) in [5.41, 5.74) is 3.57. The Bertz CT molecular complexity index is 1140. The number of rotatable bonds is 3. The minimum atomic E-state index is -3.33. The first-order valence-corrected chi connectivity index (χ1v) is 12.1. The van der Waals surface area contributed by atoms with Crippen LogP contribution < -0.4 is 0 Å². The molecule has 0 amide bonds. The third-order valence-electron chi connectivity index (χ3n) is 5.50. The Balaban J connectivity index is 2.26. The topological polar surface area (TPSA) is 80.7 Å². The molecule has 0 saturated heterocycles. The van der Waals surface area contributed by atoms with Gasteiger partial charge in [-0.15, -0.1) is 0 Å². The maximum absolute atomic E-state index is 12.6. The second-order valence-electron chi connectivity index (χ2n) is 10.1. The standard InChI is InChI=1S/C25H30O5S/c1-24(2,3)19-12-16(13-20(22(19)26)25(4,5)6)18-14-30-23(27)21(18)15-8-10-17(11-9-15)31(7,28)29/h8-13,26H,14H2,1-7H3. The molecule has 0 spiro atoms. The number of hydrogen-bond donors (Lipinski definition) is 1. The molecule has 5 nitrogen and oxygen atoms in total. The first-order valence-electron chi connectivity index (χ1n) is 10.2. The highest BCUT2D eigenvalue weighted by Crippen LogP contribution is 2.43. The van der Waals surface area contributed by atoms with Gasteiger partial charge in [-0.3, -0.25) is 0 Å². The number of hydrogen-bond acceptors (Lipinski definition) is 5. The molecule has 166 valence electrons. The van der Waals surface area contributed by atoms with Crippen LogP contribution >= 0.6 is 0 Å². The van der Waals surface area contributed by atoms with Gasteiger partial charge in [-0.05, 0) is 46.2 Å². The third-order valence-corrected chi connectivity index (χ3v) is 6.63. The Morgan fingerprint density at radius 3 is 1.77 bits per heavy atom. The molecular formula is C25H30O5S. The van der Waals surface area contributed by atoms with Crippen LogP contribution in [-0.2, 0) is 30.2 Å². The Morgan fingerprint density at radius 1 is 0.871 bits per heavy atom. The highest BCUT2D eigenvalue weighted by atomic mass is 32.2. The number of phenolic OH excluding ortho intramolecular Hbond substituents is 1. The zero-order chi connectivity index (χ0) is 23.4. The van der Waals surface area contributed by atoms with E-state index in [1.165, 1.54) is 12.1 Å². The molecule has 6 heteroatoms. The maximum Gasteiger partial charge on any atom is 0.339 e. The summed E-state index contributed by atoms with van der Waals surface area (Å²) in [4.78, 5) is 12.8. The van der Waals surface area contributed by atoms with Gasteiger partial charge in [0.15, 0.2) is 9.84 Å². The molecule has 0 saturated carbocycles. The molecule has 0 aromatic heterocycles. The summed E-state index contributed by atoms with van der Waals surface area (Å²) in [7, 11) is -3.33. The fourth-order valence-electron chi connectivity index (χ4n) is 3.75. The van der Waals surface area contributed by atoms with Gasteiger partial charge in [-0.25, -0.2) is 13.2 Å². The summed E-state index contributed by atoms with van der Waals surface area (Å²) >= 11 is 0. The van der Waals surface area contributed by atoms with E-state index in [2.05, 4.69) is 0 Å². The molecule has 1 heterocycles. The molecule has 0 unspecified atom stereocenters. The number of esters is 1. The predicted molar refractivity (Wildman–Crippen MR) is 123 cm³/mol. The molecule has 1 aliphatic heterocycles. The number of cyclic esters (lactones) is 1. The fraction of sp³-hybridized carbons (Fsp3) is 0.400. The normalized spacial score (nSPS) is 15.4. The van der Waals surface area contributed by atoms with Gasteiger partial charge in [0.1, 0.15) is 12.4 Å². The molecule has 3 rings (SSSR count). The molecule has 0 aliphatic carbocycles. The molecule has 2 aromatic rings. The third kappa shape index (κ3) is 4.54. The first kappa shape index (κ1) is 23.1. The van der Waals surface area contributed by atoms with E-state index in [-0.39, 0.29) is 28.1 Å². The molecule has 0 fully saturated rings. The molecule has 31 heavy (non-hydrogen) atoms. The van der Waals surface area contributed by atoms with Gasteiger partial charge in [0.2, 0.25) is 0 Å². The van der Waals surface area contributed by atoms with Gasteiger partial charge in [0, 0.05) is 23.0 Å². The minimum Gasteiger partial charge on any atom is -0.507 e. The zero-order valence-electron chi connectivity index (χ0n) is 19.2. The van der Waals surface area contributed by atoms with Gasteiger partial charge in [0.05, 0.1) is 10.5 Å². The maximum atomic E-state index is 12.6. The van der Waals surface area contributed by atoms with Crippen LogP contribution in [0.1, 0.15) is 63.8 Å². The quantitative estimate of drug-likeness (QED) is 0.687. The van der Waals surface area contributed by atoms with Crippen LogP contribution in [0.15, 0.2) is 41.3 Å². The van der Waals surface area contributed by atoms with Crippen molar-refractivity contribution in [2.24, 2.45) is 0 Å². The first-order chi connectivity index (χ1) is 14.1. The van der Waals surface area contributed by atoms with Crippen molar-refractivity contribution in [1.82, 2.24) is 0 Å². The molecule has 1 N–H and O–H groups in total. The number of carbonyl (C=O) groups excluding carboxylic acids is 1. The highest BCUT2D eigenvalue weighted by Gasteiger charge is 2.31. The number of ether oxygens (including phenoxy) is 1. The zero-order valence-corrected chi connectivity index (χ0v) is 20.0. The molecule has 2 aromatic carbocycles. The lowest BCUT2D eigenvalue weighted by atomic mass is 9.77. The van der Waals surface area contributed by atoms with Crippen LogP contribution in [-0.4, -0.2) is 32.4 Å². The summed E-state index contributed by atoms with van der Waals surface area (Å²) < 4.78 is 28.9. The van der Waals surface area contributed by atoms with E-state index in [0.717, 1.165) is 28.5 Å². The number of carbonyl (C=O) groups is 1. The predicted octanol–water partition coefficient (Wildman–Crippen LogP) is 4.86. The van der Waals surface area contributed by atoms with Crippen molar-refractivity contribution in [1.29, 1.82) is 0 Å². The number of aromatic hydroxyl groups is 1. The molecule has 0 bridgehead atoms. The summed E-state index contributed by atoms with van der Waals surface area (Å²) in [6, 6.07) is 10.1. The van der Waals surface area contributed by atoms with Crippen molar-refractivity contribution < 1.29 is 23.1 Å². The van der Waals surface area contributed by atoms with Crippen molar-refractivity contribution in [3.63, 3.8) is 0 Å². The average molecular weight is 443 g/mol. The summed E-state index contributed by atoms with van der Waals surface area (Å²) in [5.74, 6) is -0.168. The summed E-state index contributed by atoms with van der Waals surface area (Å²) in [6.45, 7) is 12.3. The van der Waals surface area contributed by atoms with Gasteiger partial charge >= 0.3 is 5.97 Å². The van der Waals surface area contributed by atoms with Crippen molar-refractivity contribution in [3.05, 3.63) is 58.7 Å². The second kappa shape index (κ2) is 7.52. The van der Waals surface area contributed by atoms with Gasteiger partial charge in [0.25, 0.3) is 0 Å². The van der Waals surface area contributed by atoms with Crippen molar-refractivity contribution in [2.75, 3.05) is 12.9 Å². The molecular weight excluding hydrogens is 412 g/mol. The van der Waals surface area contributed by atoms with Crippen LogP contribution in [0, 0.1) is 0 Å². The lowest BCUT2D eigenvalue weighted by Gasteiger charge is -2.28. The van der Waals surface area contributed by atoms with E-state index in [0.29, 0.717) is 11.1 Å². The minimum absolute atomic E-state index is 0.125. The van der Waals surface area contributed by atoms with Crippen LogP contribution in [0.5, 0.6) is 5.75 Å². The lowest BCUT2D eigenvalue weighted by Crippen LogP contribution is -2.18. The monoisotopic (exact) mass is 442 g/mol. The van der Waals surface area contributed by atoms with E-state index >= 15 is 0 Å². The van der Waals surface area contributed by atoms with Gasteiger partial charge in [-0.2, -0.15) is 0 Å². The van der Waals surface area contributed by atoms with Gasteiger partial charge in [-0.1, -0.05) is 53.7 Å². The lowest BCUT2D eigenvalue weighted by molar-refractivity contribution is -0.133. The van der Waals surface area contributed by atoms with E-state index in [1.807, 2.05) is 53.7 Å². The van der Waals surface area contributed by atoms with E-state index < -0.39 is 15.8 Å². The summed E-state index contributed by atoms with van der Waals surface area (Å²) in [5, 5.41) is 11.0. The molecule has 0 atom stereocenters.